The summed E-state index contributed by atoms with van der Waals surface area (Å²) in [6, 6.07) is 9.12. The Balaban J connectivity index is 1.69. The molecule has 2 aromatic rings. The number of nitrogens with zero attached hydrogens (tertiary/aromatic N) is 2. The molecule has 0 spiro atoms. The second-order valence-electron chi connectivity index (χ2n) is 9.67. The number of carboxylic acid groups (broad SMARTS) is 1. The fraction of sp³-hybridized carbons (Fsp3) is 0.519. The van der Waals surface area contributed by atoms with Crippen LogP contribution in [0.3, 0.4) is 0 Å². The van der Waals surface area contributed by atoms with Gasteiger partial charge in [-0.05, 0) is 48.2 Å². The minimum atomic E-state index is -3.54. The first-order chi connectivity index (χ1) is 18.7. The Hall–Kier alpha value is -2.60. The standard InChI is InChI=1S/C27H34ClFN2O7S/c1-3-10-31(39(34,35)13-4-9-28)12-11-30-16-20(18-5-8-23-24(15-18)38-17-37-23)25(27(32)33)26(30)19-6-7-22(36-2)21(29)14-19/h5-8,14-15,20,25-26H,3-4,9-13,16-17H2,1-2H3,(H,32,33)/t20-,25+,26-/m1/s1. The summed E-state index contributed by atoms with van der Waals surface area (Å²) in [5.74, 6) is -1.63. The van der Waals surface area contributed by atoms with E-state index in [0.717, 1.165) is 5.56 Å². The lowest BCUT2D eigenvalue weighted by atomic mass is 9.82. The first kappa shape index (κ1) is 29.4. The molecule has 0 bridgehead atoms. The molecule has 0 unspecified atom stereocenters. The monoisotopic (exact) mass is 584 g/mol. The largest absolute Gasteiger partial charge is 0.494 e. The van der Waals surface area contributed by atoms with Gasteiger partial charge in [0.25, 0.3) is 0 Å². The molecule has 39 heavy (non-hydrogen) atoms. The number of fused-ring (bicyclic) bond motifs is 1. The molecule has 0 saturated carbocycles. The van der Waals surface area contributed by atoms with E-state index in [-0.39, 0.29) is 37.3 Å². The van der Waals surface area contributed by atoms with Gasteiger partial charge < -0.3 is 19.3 Å². The fourth-order valence-corrected chi connectivity index (χ4v) is 7.33. The van der Waals surface area contributed by atoms with Gasteiger partial charge in [-0.3, -0.25) is 9.69 Å². The zero-order valence-electron chi connectivity index (χ0n) is 22.0. The number of carbonyl (C=O) groups is 1. The molecule has 2 aromatic carbocycles. The summed E-state index contributed by atoms with van der Waals surface area (Å²) in [5.41, 5.74) is 1.24. The molecule has 2 heterocycles. The fourth-order valence-electron chi connectivity index (χ4n) is 5.45. The number of sulfonamides is 1. The van der Waals surface area contributed by atoms with Crippen LogP contribution in [0.15, 0.2) is 36.4 Å². The summed E-state index contributed by atoms with van der Waals surface area (Å²) in [6.07, 6.45) is 0.972. The maximum Gasteiger partial charge on any atom is 0.309 e. The highest BCUT2D eigenvalue weighted by Crippen LogP contribution is 2.48. The smallest absolute Gasteiger partial charge is 0.309 e. The van der Waals surface area contributed by atoms with Gasteiger partial charge in [-0.25, -0.2) is 17.1 Å². The number of ether oxygens (including phenoxy) is 3. The lowest BCUT2D eigenvalue weighted by molar-refractivity contribution is -0.143. The first-order valence-electron chi connectivity index (χ1n) is 12.9. The van der Waals surface area contributed by atoms with Gasteiger partial charge in [-0.1, -0.05) is 19.1 Å². The molecule has 3 atom stereocenters. The van der Waals surface area contributed by atoms with E-state index < -0.39 is 39.7 Å². The molecular formula is C27H34ClFN2O7S. The van der Waals surface area contributed by atoms with Gasteiger partial charge in [0.2, 0.25) is 16.8 Å². The molecule has 214 valence electrons. The summed E-state index contributed by atoms with van der Waals surface area (Å²) in [4.78, 5) is 14.7. The lowest BCUT2D eigenvalue weighted by Gasteiger charge is -2.30. The number of likely N-dealkylation sites (tertiary alicyclic amines) is 1. The van der Waals surface area contributed by atoms with Crippen LogP contribution in [0.4, 0.5) is 4.39 Å². The van der Waals surface area contributed by atoms with Crippen LogP contribution < -0.4 is 14.2 Å². The van der Waals surface area contributed by atoms with Crippen LogP contribution in [-0.4, -0.2) is 80.4 Å². The first-order valence-corrected chi connectivity index (χ1v) is 15.1. The molecule has 0 aliphatic carbocycles. The van der Waals surface area contributed by atoms with Crippen molar-refractivity contribution in [1.29, 1.82) is 0 Å². The van der Waals surface area contributed by atoms with E-state index in [1.54, 1.807) is 18.2 Å². The quantitative estimate of drug-likeness (QED) is 0.351. The van der Waals surface area contributed by atoms with Crippen LogP contribution in [0, 0.1) is 11.7 Å². The third kappa shape index (κ3) is 6.42. The van der Waals surface area contributed by atoms with Crippen LogP contribution in [0.5, 0.6) is 17.2 Å². The van der Waals surface area contributed by atoms with Gasteiger partial charge in [0.05, 0.1) is 18.8 Å². The number of halogens is 2. The lowest BCUT2D eigenvalue weighted by Crippen LogP contribution is -2.40. The van der Waals surface area contributed by atoms with Crippen molar-refractivity contribution in [3.05, 3.63) is 53.3 Å². The topological polar surface area (TPSA) is 106 Å². The Bertz CT molecular complexity index is 1280. The summed E-state index contributed by atoms with van der Waals surface area (Å²) in [5, 5.41) is 10.4. The van der Waals surface area contributed by atoms with Crippen molar-refractivity contribution >= 4 is 27.6 Å². The van der Waals surface area contributed by atoms with Gasteiger partial charge >= 0.3 is 5.97 Å². The number of hydrogen-bond acceptors (Lipinski definition) is 7. The van der Waals surface area contributed by atoms with Crippen LogP contribution in [0.1, 0.15) is 42.9 Å². The molecule has 0 radical (unpaired) electrons. The second-order valence-corrected chi connectivity index (χ2v) is 12.1. The zero-order chi connectivity index (χ0) is 28.2. The summed E-state index contributed by atoms with van der Waals surface area (Å²) < 4.78 is 58.2. The average molecular weight is 585 g/mol. The van der Waals surface area contributed by atoms with E-state index in [4.69, 9.17) is 25.8 Å². The number of benzene rings is 2. The SMILES string of the molecule is CCCN(CCN1C[C@H](c2ccc3c(c2)OCO3)[C@H](C(=O)O)[C@H]1c1ccc(OC)c(F)c1)S(=O)(=O)CCCCl. The second kappa shape index (κ2) is 12.7. The number of rotatable bonds is 13. The van der Waals surface area contributed by atoms with E-state index in [9.17, 15) is 22.7 Å². The Morgan fingerprint density at radius 1 is 1.18 bits per heavy atom. The number of carboxylic acids is 1. The van der Waals surface area contributed by atoms with Crippen molar-refractivity contribution in [2.24, 2.45) is 5.92 Å². The molecule has 9 nitrogen and oxygen atoms in total. The van der Waals surface area contributed by atoms with Crippen molar-refractivity contribution in [3.63, 3.8) is 0 Å². The Morgan fingerprint density at radius 3 is 2.59 bits per heavy atom. The van der Waals surface area contributed by atoms with Gasteiger partial charge in [0.1, 0.15) is 0 Å². The highest BCUT2D eigenvalue weighted by molar-refractivity contribution is 7.89. The van der Waals surface area contributed by atoms with Gasteiger partial charge in [0.15, 0.2) is 23.1 Å². The number of methoxy groups -OCH3 is 1. The van der Waals surface area contributed by atoms with Gasteiger partial charge in [-0.2, -0.15) is 0 Å². The van der Waals surface area contributed by atoms with Gasteiger partial charge in [-0.15, -0.1) is 11.6 Å². The third-order valence-corrected chi connectivity index (χ3v) is 9.49. The highest BCUT2D eigenvalue weighted by Gasteiger charge is 2.48. The van der Waals surface area contributed by atoms with Gasteiger partial charge in [0, 0.05) is 44.0 Å². The number of aliphatic carboxylic acids is 1. The summed E-state index contributed by atoms with van der Waals surface area (Å²) >= 11 is 5.74. The maximum atomic E-state index is 14.8. The molecular weight excluding hydrogens is 551 g/mol. The van der Waals surface area contributed by atoms with Crippen molar-refractivity contribution < 1.29 is 36.9 Å². The Labute approximate surface area is 233 Å². The molecule has 12 heteroatoms. The average Bonchev–Trinajstić information content (AvgIpc) is 3.54. The highest BCUT2D eigenvalue weighted by atomic mass is 35.5. The molecule has 0 amide bonds. The van der Waals surface area contributed by atoms with E-state index in [1.165, 1.54) is 23.5 Å². The molecule has 4 rings (SSSR count). The van der Waals surface area contributed by atoms with E-state index in [1.807, 2.05) is 17.9 Å². The Kier molecular flexibility index (Phi) is 9.58. The molecule has 1 N–H and O–H groups in total. The Morgan fingerprint density at radius 2 is 1.92 bits per heavy atom. The van der Waals surface area contributed by atoms with Crippen LogP contribution in [0.25, 0.3) is 0 Å². The van der Waals surface area contributed by atoms with Crippen LogP contribution in [0.2, 0.25) is 0 Å². The van der Waals surface area contributed by atoms with Crippen molar-refractivity contribution in [2.75, 3.05) is 51.7 Å². The molecule has 1 saturated heterocycles. The van der Waals surface area contributed by atoms with E-state index in [0.29, 0.717) is 43.0 Å². The van der Waals surface area contributed by atoms with E-state index in [2.05, 4.69) is 0 Å². The molecule has 1 fully saturated rings. The van der Waals surface area contributed by atoms with Crippen LogP contribution in [-0.2, 0) is 14.8 Å². The normalized spacial score (nSPS) is 21.0. The molecule has 2 aliphatic heterocycles. The number of alkyl halides is 1. The minimum Gasteiger partial charge on any atom is -0.494 e. The van der Waals surface area contributed by atoms with E-state index >= 15 is 0 Å². The summed E-state index contributed by atoms with van der Waals surface area (Å²) in [7, 11) is -2.18. The molecule has 2 aliphatic rings. The van der Waals surface area contributed by atoms with Crippen LogP contribution >= 0.6 is 11.6 Å². The molecule has 0 aromatic heterocycles. The predicted molar refractivity (Wildman–Crippen MR) is 145 cm³/mol. The maximum absolute atomic E-state index is 14.8. The third-order valence-electron chi connectivity index (χ3n) is 7.26. The van der Waals surface area contributed by atoms with Crippen molar-refractivity contribution in [3.8, 4) is 17.2 Å². The predicted octanol–water partition coefficient (Wildman–Crippen LogP) is 4.08. The minimum absolute atomic E-state index is 0.0544. The number of hydrogen-bond donors (Lipinski definition) is 1. The summed E-state index contributed by atoms with van der Waals surface area (Å²) in [6.45, 7) is 3.11. The zero-order valence-corrected chi connectivity index (χ0v) is 23.6. The van der Waals surface area contributed by atoms with Crippen molar-refractivity contribution in [2.45, 2.75) is 31.7 Å². The van der Waals surface area contributed by atoms with Crippen molar-refractivity contribution in [1.82, 2.24) is 9.21 Å².